The van der Waals surface area contributed by atoms with Crippen molar-refractivity contribution in [3.8, 4) is 0 Å². The van der Waals surface area contributed by atoms with Crippen molar-refractivity contribution in [1.82, 2.24) is 15.1 Å². The van der Waals surface area contributed by atoms with Crippen molar-refractivity contribution in [3.05, 3.63) is 59.4 Å². The molecule has 0 aliphatic rings. The molecule has 0 fully saturated rings. The van der Waals surface area contributed by atoms with E-state index in [0.29, 0.717) is 23.7 Å². The van der Waals surface area contributed by atoms with E-state index in [1.54, 1.807) is 30.3 Å². The van der Waals surface area contributed by atoms with Gasteiger partial charge >= 0.3 is 0 Å². The molecule has 1 aromatic heterocycles. The second kappa shape index (κ2) is 9.16. The number of carbonyl (C=O) groups is 2. The van der Waals surface area contributed by atoms with E-state index in [1.165, 1.54) is 0 Å². The van der Waals surface area contributed by atoms with Gasteiger partial charge in [-0.2, -0.15) is 5.10 Å². The average molecular weight is 368 g/mol. The summed E-state index contributed by atoms with van der Waals surface area (Å²) in [6.45, 7) is 13.0. The number of aromatic nitrogens is 2. The molecule has 6 nitrogen and oxygen atoms in total. The number of amides is 2. The zero-order chi connectivity index (χ0) is 20.0. The number of nitrogens with one attached hydrogen (secondary N) is 2. The highest BCUT2D eigenvalue weighted by atomic mass is 16.2. The summed E-state index contributed by atoms with van der Waals surface area (Å²) in [6.07, 6.45) is 1.83. The third-order valence-corrected chi connectivity index (χ3v) is 4.26. The van der Waals surface area contributed by atoms with Crippen molar-refractivity contribution in [2.45, 2.75) is 40.7 Å². The van der Waals surface area contributed by atoms with Crippen LogP contribution in [0.25, 0.3) is 0 Å². The Morgan fingerprint density at radius 1 is 1.26 bits per heavy atom. The normalized spacial score (nSPS) is 10.7. The number of anilines is 1. The maximum absolute atomic E-state index is 12.6. The van der Waals surface area contributed by atoms with Crippen LogP contribution in [-0.2, 0) is 17.8 Å². The van der Waals surface area contributed by atoms with Gasteiger partial charge in [0.2, 0.25) is 5.91 Å². The molecule has 2 amide bonds. The van der Waals surface area contributed by atoms with Crippen LogP contribution in [0.2, 0.25) is 0 Å². The molecule has 0 aliphatic heterocycles. The highest BCUT2D eigenvalue weighted by Crippen LogP contribution is 2.18. The Morgan fingerprint density at radius 3 is 2.63 bits per heavy atom. The number of nitrogens with zero attached hydrogens (tertiary/aromatic N) is 2. The van der Waals surface area contributed by atoms with Gasteiger partial charge in [0.1, 0.15) is 0 Å². The molecular formula is C21H28N4O2. The van der Waals surface area contributed by atoms with Crippen molar-refractivity contribution in [3.63, 3.8) is 0 Å². The highest BCUT2D eigenvalue weighted by Gasteiger charge is 2.17. The predicted octanol–water partition coefficient (Wildman–Crippen LogP) is 3.25. The summed E-state index contributed by atoms with van der Waals surface area (Å²) in [5.41, 5.74) is 3.72. The standard InChI is InChI=1S/C21H28N4O2/c1-6-11-22-21(27)17-9-7-8-10-19(17)23-20(26)12-18-15(4)24-25(16(18)5)13-14(2)3/h6-10,14H,1,11-13H2,2-5H3,(H,22,27)(H,23,26). The van der Waals surface area contributed by atoms with E-state index in [0.717, 1.165) is 23.5 Å². The summed E-state index contributed by atoms with van der Waals surface area (Å²) in [6, 6.07) is 6.97. The topological polar surface area (TPSA) is 76.0 Å². The number of aryl methyl sites for hydroxylation is 1. The van der Waals surface area contributed by atoms with Gasteiger partial charge in [-0.05, 0) is 31.9 Å². The minimum Gasteiger partial charge on any atom is -0.349 e. The quantitative estimate of drug-likeness (QED) is 0.702. The first-order valence-corrected chi connectivity index (χ1v) is 9.14. The van der Waals surface area contributed by atoms with Gasteiger partial charge in [-0.1, -0.05) is 32.1 Å². The molecule has 0 spiro atoms. The second-order valence-electron chi connectivity index (χ2n) is 6.99. The van der Waals surface area contributed by atoms with Gasteiger partial charge in [-0.15, -0.1) is 6.58 Å². The minimum absolute atomic E-state index is 0.172. The molecule has 2 rings (SSSR count). The Balaban J connectivity index is 2.14. The number of carbonyl (C=O) groups excluding carboxylic acids is 2. The van der Waals surface area contributed by atoms with Gasteiger partial charge in [0.05, 0.1) is 23.4 Å². The minimum atomic E-state index is -0.247. The Kier molecular flexibility index (Phi) is 6.93. The van der Waals surface area contributed by atoms with Crippen LogP contribution in [0.3, 0.4) is 0 Å². The molecule has 27 heavy (non-hydrogen) atoms. The predicted molar refractivity (Wildman–Crippen MR) is 108 cm³/mol. The largest absolute Gasteiger partial charge is 0.349 e. The molecule has 144 valence electrons. The third kappa shape index (κ3) is 5.29. The van der Waals surface area contributed by atoms with Crippen molar-refractivity contribution in [2.24, 2.45) is 5.92 Å². The fourth-order valence-corrected chi connectivity index (χ4v) is 2.92. The van der Waals surface area contributed by atoms with Crippen LogP contribution < -0.4 is 10.6 Å². The van der Waals surface area contributed by atoms with Crippen molar-refractivity contribution < 1.29 is 9.59 Å². The summed E-state index contributed by atoms with van der Waals surface area (Å²) >= 11 is 0. The molecule has 2 N–H and O–H groups in total. The maximum atomic E-state index is 12.6. The fraction of sp³-hybridized carbons (Fsp3) is 0.381. The van der Waals surface area contributed by atoms with Crippen molar-refractivity contribution in [1.29, 1.82) is 0 Å². The third-order valence-electron chi connectivity index (χ3n) is 4.26. The summed E-state index contributed by atoms with van der Waals surface area (Å²) < 4.78 is 1.96. The first-order valence-electron chi connectivity index (χ1n) is 9.14. The first-order chi connectivity index (χ1) is 12.8. The van der Waals surface area contributed by atoms with E-state index in [1.807, 2.05) is 18.5 Å². The number of hydrogen-bond acceptors (Lipinski definition) is 3. The molecule has 0 saturated heterocycles. The van der Waals surface area contributed by atoms with Gasteiger partial charge < -0.3 is 10.6 Å². The summed E-state index contributed by atoms with van der Waals surface area (Å²) in [5, 5.41) is 10.1. The molecule has 0 radical (unpaired) electrons. The van der Waals surface area contributed by atoms with E-state index in [4.69, 9.17) is 0 Å². The van der Waals surface area contributed by atoms with Crippen LogP contribution in [0.15, 0.2) is 36.9 Å². The smallest absolute Gasteiger partial charge is 0.253 e. The zero-order valence-electron chi connectivity index (χ0n) is 16.5. The van der Waals surface area contributed by atoms with Crippen LogP contribution in [-0.4, -0.2) is 28.1 Å². The van der Waals surface area contributed by atoms with E-state index >= 15 is 0 Å². The first kappa shape index (κ1) is 20.4. The van der Waals surface area contributed by atoms with E-state index in [9.17, 15) is 9.59 Å². The van der Waals surface area contributed by atoms with Crippen LogP contribution in [0.1, 0.15) is 41.2 Å². The second-order valence-corrected chi connectivity index (χ2v) is 6.99. The summed E-state index contributed by atoms with van der Waals surface area (Å²) in [7, 11) is 0. The monoisotopic (exact) mass is 368 g/mol. The molecule has 1 aromatic carbocycles. The van der Waals surface area contributed by atoms with Crippen LogP contribution in [0.4, 0.5) is 5.69 Å². The molecule has 0 bridgehead atoms. The van der Waals surface area contributed by atoms with E-state index in [-0.39, 0.29) is 18.2 Å². The van der Waals surface area contributed by atoms with Gasteiger partial charge in [0.15, 0.2) is 0 Å². The Bertz CT molecular complexity index is 837. The lowest BCUT2D eigenvalue weighted by atomic mass is 10.1. The fourth-order valence-electron chi connectivity index (χ4n) is 2.92. The Morgan fingerprint density at radius 2 is 1.96 bits per heavy atom. The van der Waals surface area contributed by atoms with Crippen molar-refractivity contribution >= 4 is 17.5 Å². The highest BCUT2D eigenvalue weighted by molar-refractivity contribution is 6.04. The molecule has 0 atom stereocenters. The lowest BCUT2D eigenvalue weighted by molar-refractivity contribution is -0.115. The number of hydrogen-bond donors (Lipinski definition) is 2. The van der Waals surface area contributed by atoms with Gasteiger partial charge in [0.25, 0.3) is 5.91 Å². The van der Waals surface area contributed by atoms with Gasteiger partial charge in [-0.3, -0.25) is 14.3 Å². The van der Waals surface area contributed by atoms with Crippen molar-refractivity contribution in [2.75, 3.05) is 11.9 Å². The summed E-state index contributed by atoms with van der Waals surface area (Å²) in [5.74, 6) is 0.0582. The molecule has 0 unspecified atom stereocenters. The van der Waals surface area contributed by atoms with E-state index < -0.39 is 0 Å². The van der Waals surface area contributed by atoms with Crippen LogP contribution >= 0.6 is 0 Å². The molecule has 6 heteroatoms. The lowest BCUT2D eigenvalue weighted by Gasteiger charge is -2.11. The summed E-state index contributed by atoms with van der Waals surface area (Å²) in [4.78, 5) is 24.9. The van der Waals surface area contributed by atoms with E-state index in [2.05, 4.69) is 36.2 Å². The number of para-hydroxylation sites is 1. The molecular weight excluding hydrogens is 340 g/mol. The molecule has 2 aromatic rings. The maximum Gasteiger partial charge on any atom is 0.253 e. The number of rotatable bonds is 8. The Hall–Kier alpha value is -2.89. The van der Waals surface area contributed by atoms with Crippen LogP contribution in [0, 0.1) is 19.8 Å². The van der Waals surface area contributed by atoms with Gasteiger partial charge in [0, 0.05) is 24.3 Å². The zero-order valence-corrected chi connectivity index (χ0v) is 16.5. The molecule has 0 saturated carbocycles. The molecule has 1 heterocycles. The van der Waals surface area contributed by atoms with Gasteiger partial charge in [-0.25, -0.2) is 0 Å². The molecule has 0 aliphatic carbocycles. The van der Waals surface area contributed by atoms with Crippen LogP contribution in [0.5, 0.6) is 0 Å². The average Bonchev–Trinajstić information content (AvgIpc) is 2.87. The lowest BCUT2D eigenvalue weighted by Crippen LogP contribution is -2.25. The SMILES string of the molecule is C=CCNC(=O)c1ccccc1NC(=O)Cc1c(C)nn(CC(C)C)c1C. The Labute approximate surface area is 160 Å². The number of benzene rings is 1.